The van der Waals surface area contributed by atoms with E-state index in [2.05, 4.69) is 15.4 Å². The minimum Gasteiger partial charge on any atom is -0.463 e. The van der Waals surface area contributed by atoms with Crippen molar-refractivity contribution in [2.75, 3.05) is 6.54 Å². The number of hydrogen-bond acceptors (Lipinski definition) is 5. The van der Waals surface area contributed by atoms with Crippen LogP contribution in [0.15, 0.2) is 47.3 Å². The highest BCUT2D eigenvalue weighted by Gasteiger charge is 2.28. The number of carbonyl (C=O) groups excluding carboxylic acids is 1. The Kier molecular flexibility index (Phi) is 4.41. The molecule has 0 bridgehead atoms. The Morgan fingerprint density at radius 2 is 2.00 bits per heavy atom. The minimum atomic E-state index is -1.29. The summed E-state index contributed by atoms with van der Waals surface area (Å²) in [5.41, 5.74) is 0.684. The van der Waals surface area contributed by atoms with Crippen LogP contribution >= 0.6 is 0 Å². The summed E-state index contributed by atoms with van der Waals surface area (Å²) < 4.78 is 7.12. The van der Waals surface area contributed by atoms with Crippen molar-refractivity contribution in [3.05, 3.63) is 65.6 Å². The molecule has 3 aromatic rings. The first kappa shape index (κ1) is 16.9. The van der Waals surface area contributed by atoms with Gasteiger partial charge in [0.2, 0.25) is 0 Å². The number of aliphatic hydroxyl groups is 1. The summed E-state index contributed by atoms with van der Waals surface area (Å²) >= 11 is 0. The van der Waals surface area contributed by atoms with E-state index in [0.29, 0.717) is 22.8 Å². The molecule has 2 N–H and O–H groups in total. The number of furan rings is 1. The van der Waals surface area contributed by atoms with E-state index in [4.69, 9.17) is 4.42 Å². The molecule has 25 heavy (non-hydrogen) atoms. The molecule has 1 unspecified atom stereocenters. The SMILES string of the molecule is Cc1ccc(C(C)(O)CNC(=O)c2cnn(-c3ccncc3)c2C)o1. The third-order valence-electron chi connectivity index (χ3n) is 4.03. The fourth-order valence-electron chi connectivity index (χ4n) is 2.54. The number of carbonyl (C=O) groups is 1. The normalized spacial score (nSPS) is 13.4. The van der Waals surface area contributed by atoms with Crippen LogP contribution in [0.1, 0.15) is 34.5 Å². The molecule has 0 aliphatic carbocycles. The van der Waals surface area contributed by atoms with Crippen molar-refractivity contribution in [2.45, 2.75) is 26.4 Å². The number of aromatic nitrogens is 3. The quantitative estimate of drug-likeness (QED) is 0.742. The standard InChI is InChI=1S/C18H20N4O3/c1-12-4-5-16(25-12)18(3,24)11-20-17(23)15-10-21-22(13(15)2)14-6-8-19-9-7-14/h4-10,24H,11H2,1-3H3,(H,20,23). The number of hydrogen-bond donors (Lipinski definition) is 2. The van der Waals surface area contributed by atoms with E-state index in [0.717, 1.165) is 5.69 Å². The van der Waals surface area contributed by atoms with Gasteiger partial charge in [-0.1, -0.05) is 0 Å². The third-order valence-corrected chi connectivity index (χ3v) is 4.03. The third kappa shape index (κ3) is 3.46. The maximum absolute atomic E-state index is 12.5. The second kappa shape index (κ2) is 6.52. The van der Waals surface area contributed by atoms with Crippen LogP contribution in [0, 0.1) is 13.8 Å². The van der Waals surface area contributed by atoms with Crippen LogP contribution in [-0.4, -0.2) is 32.3 Å². The second-order valence-electron chi connectivity index (χ2n) is 6.13. The summed E-state index contributed by atoms with van der Waals surface area (Å²) in [5.74, 6) is 0.812. The molecular formula is C18H20N4O3. The molecule has 0 fully saturated rings. The van der Waals surface area contributed by atoms with Crippen molar-refractivity contribution in [2.24, 2.45) is 0 Å². The van der Waals surface area contributed by atoms with Gasteiger partial charge in [0, 0.05) is 12.4 Å². The fraction of sp³-hybridized carbons (Fsp3) is 0.278. The van der Waals surface area contributed by atoms with Crippen LogP contribution in [0.3, 0.4) is 0 Å². The van der Waals surface area contributed by atoms with Crippen LogP contribution in [0.25, 0.3) is 5.69 Å². The summed E-state index contributed by atoms with van der Waals surface area (Å²) in [4.78, 5) is 16.4. The van der Waals surface area contributed by atoms with Crippen LogP contribution in [0.5, 0.6) is 0 Å². The monoisotopic (exact) mass is 340 g/mol. The predicted molar refractivity (Wildman–Crippen MR) is 91.4 cm³/mol. The lowest BCUT2D eigenvalue weighted by Gasteiger charge is -2.21. The van der Waals surface area contributed by atoms with Gasteiger partial charge in [0.1, 0.15) is 17.1 Å². The Balaban J connectivity index is 1.73. The molecule has 3 rings (SSSR count). The Morgan fingerprint density at radius 1 is 1.28 bits per heavy atom. The number of nitrogens with zero attached hydrogens (tertiary/aromatic N) is 3. The van der Waals surface area contributed by atoms with E-state index in [1.807, 2.05) is 19.1 Å². The Labute approximate surface area is 145 Å². The van der Waals surface area contributed by atoms with Gasteiger partial charge in [0.05, 0.1) is 29.7 Å². The van der Waals surface area contributed by atoms with Gasteiger partial charge >= 0.3 is 0 Å². The summed E-state index contributed by atoms with van der Waals surface area (Å²) in [6.45, 7) is 5.24. The van der Waals surface area contributed by atoms with Crippen molar-refractivity contribution in [3.8, 4) is 5.69 Å². The largest absolute Gasteiger partial charge is 0.463 e. The van der Waals surface area contributed by atoms with Gasteiger partial charge in [0.15, 0.2) is 0 Å². The lowest BCUT2D eigenvalue weighted by Crippen LogP contribution is -2.38. The van der Waals surface area contributed by atoms with Gasteiger partial charge in [-0.05, 0) is 45.0 Å². The Morgan fingerprint density at radius 3 is 2.64 bits per heavy atom. The van der Waals surface area contributed by atoms with E-state index in [9.17, 15) is 9.90 Å². The average molecular weight is 340 g/mol. The van der Waals surface area contributed by atoms with Crippen LogP contribution in [0.2, 0.25) is 0 Å². The number of aryl methyl sites for hydroxylation is 1. The smallest absolute Gasteiger partial charge is 0.254 e. The van der Waals surface area contributed by atoms with Crippen molar-refractivity contribution in [1.29, 1.82) is 0 Å². The predicted octanol–water partition coefficient (Wildman–Crippen LogP) is 2.11. The van der Waals surface area contributed by atoms with Gasteiger partial charge in [-0.3, -0.25) is 9.78 Å². The number of rotatable bonds is 5. The molecule has 7 nitrogen and oxygen atoms in total. The number of amides is 1. The molecule has 0 saturated heterocycles. The highest BCUT2D eigenvalue weighted by molar-refractivity contribution is 5.95. The number of nitrogens with one attached hydrogen (secondary N) is 1. The van der Waals surface area contributed by atoms with Crippen molar-refractivity contribution in [1.82, 2.24) is 20.1 Å². The lowest BCUT2D eigenvalue weighted by molar-refractivity contribution is 0.0323. The first-order chi connectivity index (χ1) is 11.9. The molecule has 1 atom stereocenters. The molecule has 130 valence electrons. The minimum absolute atomic E-state index is 0.0265. The topological polar surface area (TPSA) is 93.2 Å². The van der Waals surface area contributed by atoms with Crippen LogP contribution in [0.4, 0.5) is 0 Å². The van der Waals surface area contributed by atoms with Crippen molar-refractivity contribution in [3.63, 3.8) is 0 Å². The Hall–Kier alpha value is -2.93. The summed E-state index contributed by atoms with van der Waals surface area (Å²) in [7, 11) is 0. The maximum atomic E-state index is 12.5. The molecule has 0 radical (unpaired) electrons. The van der Waals surface area contributed by atoms with Gasteiger partial charge < -0.3 is 14.8 Å². The molecule has 3 heterocycles. The average Bonchev–Trinajstić information content (AvgIpc) is 3.20. The highest BCUT2D eigenvalue weighted by atomic mass is 16.4. The van der Waals surface area contributed by atoms with E-state index < -0.39 is 5.60 Å². The molecule has 0 aliphatic heterocycles. The van der Waals surface area contributed by atoms with E-state index >= 15 is 0 Å². The molecule has 0 aliphatic rings. The van der Waals surface area contributed by atoms with Crippen LogP contribution in [-0.2, 0) is 5.60 Å². The second-order valence-corrected chi connectivity index (χ2v) is 6.13. The molecule has 7 heteroatoms. The fourth-order valence-corrected chi connectivity index (χ4v) is 2.54. The van der Waals surface area contributed by atoms with E-state index in [1.54, 1.807) is 43.1 Å². The first-order valence-electron chi connectivity index (χ1n) is 7.91. The molecule has 3 aromatic heterocycles. The van der Waals surface area contributed by atoms with Crippen molar-refractivity contribution < 1.29 is 14.3 Å². The summed E-state index contributed by atoms with van der Waals surface area (Å²) in [6, 6.07) is 7.10. The zero-order valence-corrected chi connectivity index (χ0v) is 14.4. The van der Waals surface area contributed by atoms with E-state index in [-0.39, 0.29) is 12.5 Å². The lowest BCUT2D eigenvalue weighted by atomic mass is 10.0. The first-order valence-corrected chi connectivity index (χ1v) is 7.91. The van der Waals surface area contributed by atoms with Gasteiger partial charge in [-0.15, -0.1) is 0 Å². The summed E-state index contributed by atoms with van der Waals surface area (Å²) in [5, 5.41) is 17.5. The zero-order chi connectivity index (χ0) is 18.0. The molecule has 0 saturated carbocycles. The van der Waals surface area contributed by atoms with Gasteiger partial charge in [-0.2, -0.15) is 5.10 Å². The Bertz CT molecular complexity index is 881. The zero-order valence-electron chi connectivity index (χ0n) is 14.4. The molecular weight excluding hydrogens is 320 g/mol. The van der Waals surface area contributed by atoms with Crippen LogP contribution < -0.4 is 5.32 Å². The molecule has 0 aromatic carbocycles. The van der Waals surface area contributed by atoms with Crippen molar-refractivity contribution >= 4 is 5.91 Å². The number of pyridine rings is 1. The molecule has 1 amide bonds. The van der Waals surface area contributed by atoms with Gasteiger partial charge in [-0.25, -0.2) is 4.68 Å². The van der Waals surface area contributed by atoms with Gasteiger partial charge in [0.25, 0.3) is 5.91 Å². The van der Waals surface area contributed by atoms with E-state index in [1.165, 1.54) is 6.20 Å². The highest BCUT2D eigenvalue weighted by Crippen LogP contribution is 2.22. The summed E-state index contributed by atoms with van der Waals surface area (Å²) in [6.07, 6.45) is 4.84. The maximum Gasteiger partial charge on any atom is 0.254 e. The molecule has 0 spiro atoms.